The summed E-state index contributed by atoms with van der Waals surface area (Å²) in [5.41, 5.74) is 9.97. The minimum absolute atomic E-state index is 0.744. The molecule has 0 fully saturated rings. The van der Waals surface area contributed by atoms with Crippen LogP contribution in [0.2, 0.25) is 0 Å². The number of hydrogen-bond donors (Lipinski definition) is 1. The van der Waals surface area contributed by atoms with Crippen LogP contribution in [0.25, 0.3) is 12.2 Å². The van der Waals surface area contributed by atoms with Gasteiger partial charge in [0.1, 0.15) is 11.5 Å². The summed E-state index contributed by atoms with van der Waals surface area (Å²) in [6.07, 6.45) is 15.9. The van der Waals surface area contributed by atoms with Gasteiger partial charge < -0.3 is 15.2 Å². The number of nitrogen functional groups attached to an aromatic ring is 1. The number of rotatable bonds is 14. The SMILES string of the molecule is CCCCOc1cc(/C=C/C=C/c2ccc(N)cc2)cc(OCCCC)c1CCCC. The summed E-state index contributed by atoms with van der Waals surface area (Å²) < 4.78 is 12.4. The number of unbranched alkanes of at least 4 members (excludes halogenated alkanes) is 3. The van der Waals surface area contributed by atoms with Crippen molar-refractivity contribution in [2.24, 2.45) is 0 Å². The lowest BCUT2D eigenvalue weighted by Gasteiger charge is -2.17. The molecule has 2 aromatic rings. The van der Waals surface area contributed by atoms with Crippen molar-refractivity contribution in [2.75, 3.05) is 18.9 Å². The Morgan fingerprint density at radius 3 is 1.74 bits per heavy atom. The maximum Gasteiger partial charge on any atom is 0.126 e. The Kier molecular flexibility index (Phi) is 11.4. The van der Waals surface area contributed by atoms with E-state index in [0.717, 1.165) is 86.5 Å². The molecule has 0 aliphatic rings. The van der Waals surface area contributed by atoms with Gasteiger partial charge >= 0.3 is 0 Å². The van der Waals surface area contributed by atoms with Crippen LogP contribution in [0.4, 0.5) is 5.69 Å². The first-order valence-electron chi connectivity index (χ1n) is 11.8. The molecule has 0 unspecified atom stereocenters. The van der Waals surface area contributed by atoms with E-state index in [-0.39, 0.29) is 0 Å². The summed E-state index contributed by atoms with van der Waals surface area (Å²) in [7, 11) is 0. The summed E-state index contributed by atoms with van der Waals surface area (Å²) in [6.45, 7) is 8.09. The van der Waals surface area contributed by atoms with Crippen molar-refractivity contribution in [1.82, 2.24) is 0 Å². The Balaban J connectivity index is 2.25. The fourth-order valence-corrected chi connectivity index (χ4v) is 3.19. The normalized spacial score (nSPS) is 11.5. The monoisotopic (exact) mass is 421 g/mol. The third-order valence-electron chi connectivity index (χ3n) is 5.11. The van der Waals surface area contributed by atoms with E-state index in [1.807, 2.05) is 30.3 Å². The molecule has 2 aromatic carbocycles. The molecule has 0 atom stereocenters. The molecule has 31 heavy (non-hydrogen) atoms. The molecule has 0 bridgehead atoms. The third kappa shape index (κ3) is 8.92. The van der Waals surface area contributed by atoms with Crippen LogP contribution >= 0.6 is 0 Å². The summed E-state index contributed by atoms with van der Waals surface area (Å²) >= 11 is 0. The second kappa shape index (κ2) is 14.3. The van der Waals surface area contributed by atoms with Crippen LogP contribution in [0.15, 0.2) is 48.6 Å². The minimum atomic E-state index is 0.744. The molecule has 0 aliphatic heterocycles. The first-order valence-corrected chi connectivity index (χ1v) is 11.8. The molecule has 0 spiro atoms. The Morgan fingerprint density at radius 1 is 0.710 bits per heavy atom. The topological polar surface area (TPSA) is 44.5 Å². The maximum atomic E-state index is 6.21. The van der Waals surface area contributed by atoms with Crippen LogP contribution in [0.3, 0.4) is 0 Å². The number of nitrogens with two attached hydrogens (primary N) is 1. The second-order valence-electron chi connectivity index (χ2n) is 7.89. The number of ether oxygens (including phenoxy) is 2. The zero-order valence-electron chi connectivity index (χ0n) is 19.5. The van der Waals surface area contributed by atoms with Gasteiger partial charge in [0, 0.05) is 11.3 Å². The third-order valence-corrected chi connectivity index (χ3v) is 5.11. The van der Waals surface area contributed by atoms with E-state index < -0.39 is 0 Å². The van der Waals surface area contributed by atoms with Gasteiger partial charge in [0.05, 0.1) is 13.2 Å². The van der Waals surface area contributed by atoms with E-state index in [1.54, 1.807) is 0 Å². The molecule has 0 amide bonds. The second-order valence-corrected chi connectivity index (χ2v) is 7.89. The van der Waals surface area contributed by atoms with Crippen molar-refractivity contribution >= 4 is 17.8 Å². The van der Waals surface area contributed by atoms with Crippen molar-refractivity contribution < 1.29 is 9.47 Å². The first-order chi connectivity index (χ1) is 15.2. The number of allylic oxidation sites excluding steroid dienone is 2. The molecule has 3 nitrogen and oxygen atoms in total. The summed E-state index contributed by atoms with van der Waals surface area (Å²) in [6, 6.07) is 12.2. The lowest BCUT2D eigenvalue weighted by Crippen LogP contribution is -2.05. The molecule has 0 saturated heterocycles. The van der Waals surface area contributed by atoms with Crippen LogP contribution in [-0.2, 0) is 6.42 Å². The predicted octanol–water partition coefficient (Wildman–Crippen LogP) is 7.70. The van der Waals surface area contributed by atoms with Gasteiger partial charge in [-0.1, -0.05) is 76.5 Å². The molecule has 0 saturated carbocycles. The Hall–Kier alpha value is -2.68. The fraction of sp³-hybridized carbons (Fsp3) is 0.429. The van der Waals surface area contributed by atoms with E-state index in [2.05, 4.69) is 51.1 Å². The highest BCUT2D eigenvalue weighted by atomic mass is 16.5. The molecule has 0 aliphatic carbocycles. The largest absolute Gasteiger partial charge is 0.493 e. The molecule has 0 radical (unpaired) electrons. The first kappa shape index (κ1) is 24.6. The zero-order valence-corrected chi connectivity index (χ0v) is 19.5. The molecule has 0 aromatic heterocycles. The average molecular weight is 422 g/mol. The van der Waals surface area contributed by atoms with Crippen LogP contribution in [-0.4, -0.2) is 13.2 Å². The van der Waals surface area contributed by atoms with Crippen molar-refractivity contribution in [3.8, 4) is 11.5 Å². The Labute approximate surface area is 189 Å². The minimum Gasteiger partial charge on any atom is -0.493 e. The van der Waals surface area contributed by atoms with Crippen LogP contribution in [0.1, 0.15) is 76.0 Å². The van der Waals surface area contributed by atoms with Crippen molar-refractivity contribution in [3.05, 3.63) is 65.2 Å². The Morgan fingerprint density at radius 2 is 1.23 bits per heavy atom. The van der Waals surface area contributed by atoms with Crippen molar-refractivity contribution in [3.63, 3.8) is 0 Å². The lowest BCUT2D eigenvalue weighted by atomic mass is 10.0. The highest BCUT2D eigenvalue weighted by Crippen LogP contribution is 2.33. The average Bonchev–Trinajstić information content (AvgIpc) is 2.77. The molecule has 0 heterocycles. The standard InChI is InChI=1S/C28H39NO2/c1-4-7-14-26-27(30-19-8-5-2)21-24(22-28(26)31-20-9-6-3)13-11-10-12-23-15-17-25(29)18-16-23/h10-13,15-18,21-22H,4-9,14,19-20,29H2,1-3H3/b12-10+,13-11+. The highest BCUT2D eigenvalue weighted by Gasteiger charge is 2.13. The Bertz CT molecular complexity index is 790. The number of hydrogen-bond acceptors (Lipinski definition) is 3. The van der Waals surface area contributed by atoms with Gasteiger partial charge in [0.25, 0.3) is 0 Å². The molecule has 168 valence electrons. The van der Waals surface area contributed by atoms with Gasteiger partial charge in [-0.25, -0.2) is 0 Å². The van der Waals surface area contributed by atoms with E-state index in [4.69, 9.17) is 15.2 Å². The highest BCUT2D eigenvalue weighted by molar-refractivity contribution is 5.62. The molecule has 3 heteroatoms. The maximum absolute atomic E-state index is 6.21. The lowest BCUT2D eigenvalue weighted by molar-refractivity contribution is 0.288. The van der Waals surface area contributed by atoms with E-state index in [9.17, 15) is 0 Å². The van der Waals surface area contributed by atoms with Crippen molar-refractivity contribution in [2.45, 2.75) is 65.7 Å². The molecular formula is C28H39NO2. The number of anilines is 1. The fourth-order valence-electron chi connectivity index (χ4n) is 3.19. The summed E-state index contributed by atoms with van der Waals surface area (Å²) in [4.78, 5) is 0. The number of benzene rings is 2. The van der Waals surface area contributed by atoms with Gasteiger partial charge in [-0.15, -0.1) is 0 Å². The van der Waals surface area contributed by atoms with Gasteiger partial charge in [-0.2, -0.15) is 0 Å². The van der Waals surface area contributed by atoms with E-state index >= 15 is 0 Å². The molecule has 2 rings (SSSR count). The molecular weight excluding hydrogens is 382 g/mol. The zero-order chi connectivity index (χ0) is 22.3. The van der Waals surface area contributed by atoms with Gasteiger partial charge in [0.15, 0.2) is 0 Å². The van der Waals surface area contributed by atoms with Gasteiger partial charge in [0.2, 0.25) is 0 Å². The summed E-state index contributed by atoms with van der Waals surface area (Å²) in [5.74, 6) is 1.94. The van der Waals surface area contributed by atoms with Crippen molar-refractivity contribution in [1.29, 1.82) is 0 Å². The smallest absolute Gasteiger partial charge is 0.126 e. The van der Waals surface area contributed by atoms with Gasteiger partial charge in [-0.05, 0) is 61.1 Å². The van der Waals surface area contributed by atoms with E-state index in [1.165, 1.54) is 5.56 Å². The predicted molar refractivity (Wildman–Crippen MR) is 135 cm³/mol. The van der Waals surface area contributed by atoms with Crippen LogP contribution < -0.4 is 15.2 Å². The van der Waals surface area contributed by atoms with Crippen LogP contribution in [0, 0.1) is 0 Å². The van der Waals surface area contributed by atoms with Gasteiger partial charge in [-0.3, -0.25) is 0 Å². The van der Waals surface area contributed by atoms with Crippen LogP contribution in [0.5, 0.6) is 11.5 Å². The quantitative estimate of drug-likeness (QED) is 0.193. The summed E-state index contributed by atoms with van der Waals surface area (Å²) in [5, 5.41) is 0. The van der Waals surface area contributed by atoms with E-state index in [0.29, 0.717) is 0 Å². The molecule has 2 N–H and O–H groups in total.